The average Bonchev–Trinajstić information content (AvgIpc) is 1.88. The highest BCUT2D eigenvalue weighted by Crippen LogP contribution is 2.10. The van der Waals surface area contributed by atoms with Crippen molar-refractivity contribution in [3.8, 4) is 0 Å². The van der Waals surface area contributed by atoms with Crippen LogP contribution in [0, 0.1) is 5.92 Å². The molecular formula is C8H18N2. The van der Waals surface area contributed by atoms with Crippen molar-refractivity contribution in [3.05, 3.63) is 11.8 Å². The lowest BCUT2D eigenvalue weighted by Gasteiger charge is -2.23. The molecule has 0 saturated heterocycles. The van der Waals surface area contributed by atoms with Gasteiger partial charge < -0.3 is 5.01 Å². The normalized spacial score (nSPS) is 12.4. The van der Waals surface area contributed by atoms with Crippen molar-refractivity contribution in [2.45, 2.75) is 20.8 Å². The van der Waals surface area contributed by atoms with E-state index in [2.05, 4.69) is 32.3 Å². The summed E-state index contributed by atoms with van der Waals surface area (Å²) in [6.45, 7) is 6.43. The van der Waals surface area contributed by atoms with E-state index in [1.807, 2.05) is 19.1 Å². The third-order valence-corrected chi connectivity index (χ3v) is 1.61. The van der Waals surface area contributed by atoms with Crippen LogP contribution >= 0.6 is 0 Å². The van der Waals surface area contributed by atoms with Crippen molar-refractivity contribution in [2.24, 2.45) is 5.92 Å². The van der Waals surface area contributed by atoms with Gasteiger partial charge in [-0.1, -0.05) is 19.9 Å². The minimum absolute atomic E-state index is 0.586. The van der Waals surface area contributed by atoms with E-state index in [9.17, 15) is 0 Å². The molecule has 0 saturated carbocycles. The van der Waals surface area contributed by atoms with Crippen LogP contribution in [0.2, 0.25) is 0 Å². The van der Waals surface area contributed by atoms with Crippen molar-refractivity contribution in [2.75, 3.05) is 14.1 Å². The van der Waals surface area contributed by atoms with Crippen molar-refractivity contribution in [1.82, 2.24) is 10.4 Å². The molecule has 0 rings (SSSR count). The summed E-state index contributed by atoms with van der Waals surface area (Å²) in [7, 11) is 3.95. The maximum Gasteiger partial charge on any atom is 0.0273 e. The van der Waals surface area contributed by atoms with Gasteiger partial charge in [0.25, 0.3) is 0 Å². The van der Waals surface area contributed by atoms with Crippen LogP contribution in [0.3, 0.4) is 0 Å². The maximum atomic E-state index is 3.06. The van der Waals surface area contributed by atoms with Crippen LogP contribution in [-0.4, -0.2) is 19.1 Å². The molecule has 10 heavy (non-hydrogen) atoms. The molecule has 0 aliphatic heterocycles. The Morgan fingerprint density at radius 1 is 1.50 bits per heavy atom. The minimum Gasteiger partial charge on any atom is -0.316 e. The van der Waals surface area contributed by atoms with Gasteiger partial charge in [-0.15, -0.1) is 0 Å². The molecule has 60 valence electrons. The molecule has 0 aromatic carbocycles. The van der Waals surface area contributed by atoms with Crippen LogP contribution in [0.15, 0.2) is 11.8 Å². The molecule has 0 spiro atoms. The zero-order valence-electron chi connectivity index (χ0n) is 7.60. The van der Waals surface area contributed by atoms with Crippen molar-refractivity contribution in [1.29, 1.82) is 0 Å². The first-order valence-electron chi connectivity index (χ1n) is 3.70. The molecular weight excluding hydrogens is 124 g/mol. The Morgan fingerprint density at radius 3 is 2.10 bits per heavy atom. The van der Waals surface area contributed by atoms with Gasteiger partial charge in [-0.3, -0.25) is 0 Å². The van der Waals surface area contributed by atoms with Gasteiger partial charge in [0.1, 0.15) is 0 Å². The molecule has 2 heteroatoms. The predicted molar refractivity (Wildman–Crippen MR) is 45.4 cm³/mol. The highest BCUT2D eigenvalue weighted by atomic mass is 15.5. The first-order valence-corrected chi connectivity index (χ1v) is 3.70. The van der Waals surface area contributed by atoms with E-state index in [0.717, 1.165) is 0 Å². The second kappa shape index (κ2) is 4.34. The minimum atomic E-state index is 0.586. The summed E-state index contributed by atoms with van der Waals surface area (Å²) in [6, 6.07) is 0. The molecule has 1 N–H and O–H groups in total. The Kier molecular flexibility index (Phi) is 4.12. The summed E-state index contributed by atoms with van der Waals surface area (Å²) >= 11 is 0. The highest BCUT2D eigenvalue weighted by molar-refractivity contribution is 4.99. The SMILES string of the molecule is C/C=C(/C(C)C)N(C)NC. The van der Waals surface area contributed by atoms with E-state index in [4.69, 9.17) is 0 Å². The third kappa shape index (κ3) is 2.40. The zero-order valence-corrected chi connectivity index (χ0v) is 7.60. The number of hydrogen-bond donors (Lipinski definition) is 1. The van der Waals surface area contributed by atoms with Gasteiger partial charge >= 0.3 is 0 Å². The number of nitrogens with zero attached hydrogens (tertiary/aromatic N) is 1. The first-order chi connectivity index (χ1) is 4.63. The molecule has 0 radical (unpaired) electrons. The molecule has 0 unspecified atom stereocenters. The average molecular weight is 142 g/mol. The van der Waals surface area contributed by atoms with E-state index in [0.29, 0.717) is 5.92 Å². The van der Waals surface area contributed by atoms with Gasteiger partial charge in [0, 0.05) is 19.8 Å². The summed E-state index contributed by atoms with van der Waals surface area (Å²) < 4.78 is 0. The van der Waals surface area contributed by atoms with Gasteiger partial charge in [0.05, 0.1) is 0 Å². The Morgan fingerprint density at radius 2 is 2.00 bits per heavy atom. The second-order valence-electron chi connectivity index (χ2n) is 2.65. The van der Waals surface area contributed by atoms with Crippen LogP contribution in [-0.2, 0) is 0 Å². The van der Waals surface area contributed by atoms with Gasteiger partial charge in [0.15, 0.2) is 0 Å². The summed E-state index contributed by atoms with van der Waals surface area (Å²) in [5, 5.41) is 2.03. The molecule has 0 bridgehead atoms. The third-order valence-electron chi connectivity index (χ3n) is 1.61. The standard InChI is InChI=1S/C8H18N2/c1-6-8(7(2)3)10(5)9-4/h6-7,9H,1-5H3/b8-6-. The second-order valence-corrected chi connectivity index (χ2v) is 2.65. The van der Waals surface area contributed by atoms with Crippen LogP contribution < -0.4 is 5.43 Å². The topological polar surface area (TPSA) is 15.3 Å². The maximum absolute atomic E-state index is 3.06. The Bertz CT molecular complexity index is 116. The number of rotatable bonds is 3. The quantitative estimate of drug-likeness (QED) is 0.602. The fraction of sp³-hybridized carbons (Fsp3) is 0.750. The Hall–Kier alpha value is -0.500. The lowest BCUT2D eigenvalue weighted by atomic mass is 10.1. The molecule has 0 aromatic rings. The fourth-order valence-electron chi connectivity index (χ4n) is 1.04. The summed E-state index contributed by atoms with van der Waals surface area (Å²) in [6.07, 6.45) is 2.13. The molecule has 0 aliphatic carbocycles. The van der Waals surface area contributed by atoms with Crippen LogP contribution in [0.25, 0.3) is 0 Å². The first kappa shape index (κ1) is 9.50. The Labute approximate surface area is 63.9 Å². The van der Waals surface area contributed by atoms with E-state index < -0.39 is 0 Å². The van der Waals surface area contributed by atoms with Gasteiger partial charge in [-0.05, 0) is 12.8 Å². The van der Waals surface area contributed by atoms with E-state index in [-0.39, 0.29) is 0 Å². The monoisotopic (exact) mass is 142 g/mol. The zero-order chi connectivity index (χ0) is 8.15. The summed E-state index contributed by atoms with van der Waals surface area (Å²) in [4.78, 5) is 0. The lowest BCUT2D eigenvalue weighted by Crippen LogP contribution is -2.31. The van der Waals surface area contributed by atoms with E-state index in [1.54, 1.807) is 0 Å². The van der Waals surface area contributed by atoms with Crippen LogP contribution in [0.1, 0.15) is 20.8 Å². The van der Waals surface area contributed by atoms with Crippen molar-refractivity contribution >= 4 is 0 Å². The van der Waals surface area contributed by atoms with Crippen LogP contribution in [0.5, 0.6) is 0 Å². The molecule has 2 nitrogen and oxygen atoms in total. The lowest BCUT2D eigenvalue weighted by molar-refractivity contribution is 0.300. The van der Waals surface area contributed by atoms with Gasteiger partial charge in [0.2, 0.25) is 0 Å². The number of hydrogen-bond acceptors (Lipinski definition) is 2. The number of allylic oxidation sites excluding steroid dienone is 2. The highest BCUT2D eigenvalue weighted by Gasteiger charge is 2.04. The predicted octanol–water partition coefficient (Wildman–Crippen LogP) is 1.61. The molecule has 0 atom stereocenters. The van der Waals surface area contributed by atoms with E-state index >= 15 is 0 Å². The molecule has 0 fully saturated rings. The van der Waals surface area contributed by atoms with E-state index in [1.165, 1.54) is 5.70 Å². The van der Waals surface area contributed by atoms with Crippen LogP contribution in [0.4, 0.5) is 0 Å². The van der Waals surface area contributed by atoms with Gasteiger partial charge in [-0.2, -0.15) is 0 Å². The molecule has 0 heterocycles. The summed E-state index contributed by atoms with van der Waals surface area (Å²) in [5.74, 6) is 0.586. The molecule has 0 amide bonds. The van der Waals surface area contributed by atoms with Crippen molar-refractivity contribution in [3.63, 3.8) is 0 Å². The summed E-state index contributed by atoms with van der Waals surface area (Å²) in [5.41, 5.74) is 4.38. The van der Waals surface area contributed by atoms with Gasteiger partial charge in [-0.25, -0.2) is 5.43 Å². The molecule has 0 aliphatic rings. The molecule has 0 aromatic heterocycles. The number of hydrazine groups is 1. The fourth-order valence-corrected chi connectivity index (χ4v) is 1.04. The van der Waals surface area contributed by atoms with Crippen molar-refractivity contribution < 1.29 is 0 Å². The largest absolute Gasteiger partial charge is 0.316 e. The smallest absolute Gasteiger partial charge is 0.0273 e. The Balaban J connectivity index is 4.08. The number of nitrogens with one attached hydrogen (secondary N) is 1.